The van der Waals surface area contributed by atoms with Crippen LogP contribution in [-0.2, 0) is 14.3 Å². The molecule has 30 heavy (non-hydrogen) atoms. The van der Waals surface area contributed by atoms with Crippen LogP contribution in [0.3, 0.4) is 0 Å². The third kappa shape index (κ3) is 6.07. The van der Waals surface area contributed by atoms with Gasteiger partial charge in [0.2, 0.25) is 5.91 Å². The van der Waals surface area contributed by atoms with Gasteiger partial charge >= 0.3 is 5.97 Å². The van der Waals surface area contributed by atoms with Gasteiger partial charge in [0.25, 0.3) is 5.91 Å². The standard InChI is InChI=1S/C23H26N2O5/c1-29-21(26)15-30-20-12-10-18(11-13-20)24-23(28)17-8-5-9-19(14-17)25-22(27)16-6-3-2-4-7-16/h5,8-14,16H,2-4,6-7,15H2,1H3,(H,24,28)(H,25,27). The zero-order chi connectivity index (χ0) is 21.3. The first-order chi connectivity index (χ1) is 14.5. The van der Waals surface area contributed by atoms with Crippen LogP contribution in [0.15, 0.2) is 48.5 Å². The highest BCUT2D eigenvalue weighted by atomic mass is 16.6. The number of esters is 1. The number of benzene rings is 2. The second-order valence-electron chi connectivity index (χ2n) is 7.25. The molecule has 1 saturated carbocycles. The van der Waals surface area contributed by atoms with Crippen LogP contribution in [0.4, 0.5) is 11.4 Å². The maximum Gasteiger partial charge on any atom is 0.343 e. The van der Waals surface area contributed by atoms with Crippen LogP contribution in [0.2, 0.25) is 0 Å². The molecular formula is C23H26N2O5. The molecule has 0 atom stereocenters. The van der Waals surface area contributed by atoms with E-state index in [9.17, 15) is 14.4 Å². The maximum absolute atomic E-state index is 12.6. The molecule has 0 spiro atoms. The molecule has 158 valence electrons. The first-order valence-electron chi connectivity index (χ1n) is 10.1. The van der Waals surface area contributed by atoms with E-state index in [0.29, 0.717) is 22.7 Å². The largest absolute Gasteiger partial charge is 0.482 e. The number of carbonyl (C=O) groups is 3. The highest BCUT2D eigenvalue weighted by Crippen LogP contribution is 2.25. The van der Waals surface area contributed by atoms with Crippen molar-refractivity contribution < 1.29 is 23.9 Å². The minimum absolute atomic E-state index is 0.0230. The van der Waals surface area contributed by atoms with Gasteiger partial charge in [-0.1, -0.05) is 25.3 Å². The Balaban J connectivity index is 1.57. The fourth-order valence-electron chi connectivity index (χ4n) is 3.39. The average molecular weight is 410 g/mol. The first kappa shape index (κ1) is 21.4. The Labute approximate surface area is 175 Å². The van der Waals surface area contributed by atoms with Crippen LogP contribution in [0.1, 0.15) is 42.5 Å². The Morgan fingerprint density at radius 1 is 0.933 bits per heavy atom. The van der Waals surface area contributed by atoms with Crippen LogP contribution < -0.4 is 15.4 Å². The van der Waals surface area contributed by atoms with E-state index in [-0.39, 0.29) is 24.3 Å². The predicted molar refractivity (Wildman–Crippen MR) is 114 cm³/mol. The first-order valence-corrected chi connectivity index (χ1v) is 10.1. The van der Waals surface area contributed by atoms with Gasteiger partial charge in [-0.3, -0.25) is 9.59 Å². The van der Waals surface area contributed by atoms with Crippen molar-refractivity contribution in [3.8, 4) is 5.75 Å². The van der Waals surface area contributed by atoms with Crippen LogP contribution >= 0.6 is 0 Å². The summed E-state index contributed by atoms with van der Waals surface area (Å²) in [7, 11) is 1.29. The molecule has 2 aromatic rings. The lowest BCUT2D eigenvalue weighted by molar-refractivity contribution is -0.142. The van der Waals surface area contributed by atoms with Crippen molar-refractivity contribution in [2.75, 3.05) is 24.4 Å². The monoisotopic (exact) mass is 410 g/mol. The molecule has 0 heterocycles. The van der Waals surface area contributed by atoms with E-state index in [1.54, 1.807) is 48.5 Å². The molecule has 2 amide bonds. The summed E-state index contributed by atoms with van der Waals surface area (Å²) in [6.45, 7) is -0.179. The third-order valence-electron chi connectivity index (χ3n) is 5.06. The second kappa shape index (κ2) is 10.4. The lowest BCUT2D eigenvalue weighted by Gasteiger charge is -2.20. The smallest absolute Gasteiger partial charge is 0.343 e. The Kier molecular flexibility index (Phi) is 7.43. The summed E-state index contributed by atoms with van der Waals surface area (Å²) in [5.74, 6) is -0.188. The van der Waals surface area contributed by atoms with E-state index in [4.69, 9.17) is 4.74 Å². The third-order valence-corrected chi connectivity index (χ3v) is 5.06. The summed E-state index contributed by atoms with van der Waals surface area (Å²) in [6.07, 6.45) is 5.22. The van der Waals surface area contributed by atoms with E-state index in [0.717, 1.165) is 25.7 Å². The predicted octanol–water partition coefficient (Wildman–Crippen LogP) is 4.01. The Morgan fingerprint density at radius 3 is 2.37 bits per heavy atom. The van der Waals surface area contributed by atoms with Gasteiger partial charge in [0.1, 0.15) is 5.75 Å². The molecule has 0 radical (unpaired) electrons. The van der Waals surface area contributed by atoms with Crippen molar-refractivity contribution in [2.24, 2.45) is 5.92 Å². The lowest BCUT2D eigenvalue weighted by atomic mass is 9.88. The van der Waals surface area contributed by atoms with Crippen LogP contribution in [0.25, 0.3) is 0 Å². The van der Waals surface area contributed by atoms with Crippen molar-refractivity contribution in [2.45, 2.75) is 32.1 Å². The molecule has 0 unspecified atom stereocenters. The summed E-state index contributed by atoms with van der Waals surface area (Å²) < 4.78 is 9.80. The zero-order valence-corrected chi connectivity index (χ0v) is 17.0. The zero-order valence-electron chi connectivity index (χ0n) is 17.0. The van der Waals surface area contributed by atoms with Crippen molar-refractivity contribution in [1.29, 1.82) is 0 Å². The highest BCUT2D eigenvalue weighted by molar-refractivity contribution is 6.05. The van der Waals surface area contributed by atoms with Crippen molar-refractivity contribution in [3.05, 3.63) is 54.1 Å². The Morgan fingerprint density at radius 2 is 1.67 bits per heavy atom. The molecule has 0 saturated heterocycles. The highest BCUT2D eigenvalue weighted by Gasteiger charge is 2.21. The van der Waals surface area contributed by atoms with Gasteiger partial charge in [-0.05, 0) is 55.3 Å². The number of amides is 2. The molecule has 1 fully saturated rings. The molecule has 7 heteroatoms. The molecule has 0 bridgehead atoms. The van der Waals surface area contributed by atoms with Crippen molar-refractivity contribution >= 4 is 29.2 Å². The number of carbonyl (C=O) groups excluding carboxylic acids is 3. The normalized spacial score (nSPS) is 13.9. The van der Waals surface area contributed by atoms with Gasteiger partial charge in [0, 0.05) is 22.9 Å². The summed E-state index contributed by atoms with van der Waals surface area (Å²) >= 11 is 0. The number of ether oxygens (including phenoxy) is 2. The van der Waals surface area contributed by atoms with E-state index < -0.39 is 5.97 Å². The van der Waals surface area contributed by atoms with Crippen LogP contribution in [0, 0.1) is 5.92 Å². The average Bonchev–Trinajstić information content (AvgIpc) is 2.79. The van der Waals surface area contributed by atoms with E-state index >= 15 is 0 Å². The van der Waals surface area contributed by atoms with Gasteiger partial charge in [0.15, 0.2) is 6.61 Å². The van der Waals surface area contributed by atoms with Gasteiger partial charge in [0.05, 0.1) is 7.11 Å². The summed E-state index contributed by atoms with van der Waals surface area (Å²) in [6, 6.07) is 13.6. The van der Waals surface area contributed by atoms with Gasteiger partial charge in [-0.2, -0.15) is 0 Å². The minimum Gasteiger partial charge on any atom is -0.482 e. The number of hydrogen-bond donors (Lipinski definition) is 2. The number of hydrogen-bond acceptors (Lipinski definition) is 5. The Hall–Kier alpha value is -3.35. The summed E-state index contributed by atoms with van der Waals surface area (Å²) in [5, 5.41) is 5.74. The fourth-order valence-corrected chi connectivity index (χ4v) is 3.39. The number of rotatable bonds is 7. The molecule has 2 N–H and O–H groups in total. The number of anilines is 2. The number of methoxy groups -OCH3 is 1. The lowest BCUT2D eigenvalue weighted by Crippen LogP contribution is -2.24. The minimum atomic E-state index is -0.470. The van der Waals surface area contributed by atoms with E-state index in [1.807, 2.05) is 0 Å². The second-order valence-corrected chi connectivity index (χ2v) is 7.25. The molecule has 7 nitrogen and oxygen atoms in total. The van der Waals surface area contributed by atoms with E-state index in [1.165, 1.54) is 13.5 Å². The molecular weight excluding hydrogens is 384 g/mol. The maximum atomic E-state index is 12.6. The molecule has 1 aliphatic rings. The molecule has 3 rings (SSSR count). The molecule has 1 aliphatic carbocycles. The van der Waals surface area contributed by atoms with Crippen molar-refractivity contribution in [3.63, 3.8) is 0 Å². The number of nitrogens with one attached hydrogen (secondary N) is 2. The van der Waals surface area contributed by atoms with Crippen molar-refractivity contribution in [1.82, 2.24) is 0 Å². The summed E-state index contributed by atoms with van der Waals surface area (Å²) in [5.41, 5.74) is 1.65. The van der Waals surface area contributed by atoms with E-state index in [2.05, 4.69) is 15.4 Å². The van der Waals surface area contributed by atoms with Gasteiger partial charge < -0.3 is 20.1 Å². The SMILES string of the molecule is COC(=O)COc1ccc(NC(=O)c2cccc(NC(=O)C3CCCCC3)c2)cc1. The van der Waals surface area contributed by atoms with Gasteiger partial charge in [-0.25, -0.2) is 4.79 Å². The topological polar surface area (TPSA) is 93.7 Å². The fraction of sp³-hybridized carbons (Fsp3) is 0.348. The summed E-state index contributed by atoms with van der Waals surface area (Å²) in [4.78, 5) is 36.1. The molecule has 0 aliphatic heterocycles. The molecule has 2 aromatic carbocycles. The van der Waals surface area contributed by atoms with Crippen LogP contribution in [0.5, 0.6) is 5.75 Å². The molecule has 0 aromatic heterocycles. The van der Waals surface area contributed by atoms with Gasteiger partial charge in [-0.15, -0.1) is 0 Å². The quantitative estimate of drug-likeness (QED) is 0.673. The van der Waals surface area contributed by atoms with Crippen LogP contribution in [-0.4, -0.2) is 31.5 Å². The Bertz CT molecular complexity index is 889.